The van der Waals surface area contributed by atoms with Gasteiger partial charge in [-0.2, -0.15) is 0 Å². The zero-order chi connectivity index (χ0) is 18.4. The van der Waals surface area contributed by atoms with Crippen molar-refractivity contribution in [2.75, 3.05) is 13.2 Å². The maximum Gasteiger partial charge on any atom is 0.0629 e. The first-order valence-electron chi connectivity index (χ1n) is 10.0. The summed E-state index contributed by atoms with van der Waals surface area (Å²) in [7, 11) is 0. The quantitative estimate of drug-likeness (QED) is 0.689. The Balaban J connectivity index is 1.64. The molecule has 1 fully saturated rings. The molecule has 2 aromatic carbocycles. The van der Waals surface area contributed by atoms with Crippen molar-refractivity contribution in [3.8, 4) is 0 Å². The number of hydrogen-bond donors (Lipinski definition) is 1. The monoisotopic (exact) mass is 351 g/mol. The molecule has 2 heteroatoms. The largest absolute Gasteiger partial charge is 0.376 e. The molecule has 0 amide bonds. The Morgan fingerprint density at radius 1 is 1.00 bits per heavy atom. The molecule has 1 saturated heterocycles. The Labute approximate surface area is 159 Å². The highest BCUT2D eigenvalue weighted by Gasteiger charge is 2.33. The van der Waals surface area contributed by atoms with Crippen molar-refractivity contribution in [2.24, 2.45) is 5.92 Å². The molecule has 3 rings (SSSR count). The first-order chi connectivity index (χ1) is 12.6. The topological polar surface area (TPSA) is 21.3 Å². The van der Waals surface area contributed by atoms with Gasteiger partial charge >= 0.3 is 0 Å². The average Bonchev–Trinajstić information content (AvgIpc) is 2.65. The summed E-state index contributed by atoms with van der Waals surface area (Å²) < 4.78 is 5.97. The van der Waals surface area contributed by atoms with Gasteiger partial charge in [0.15, 0.2) is 0 Å². The van der Waals surface area contributed by atoms with E-state index in [1.807, 2.05) is 0 Å². The molecule has 0 unspecified atom stereocenters. The van der Waals surface area contributed by atoms with Crippen LogP contribution in [0, 0.1) is 5.92 Å². The summed E-state index contributed by atoms with van der Waals surface area (Å²) in [5.74, 6) is 1.28. The number of ether oxygens (including phenoxy) is 1. The number of hydrogen-bond acceptors (Lipinski definition) is 2. The molecule has 1 N–H and O–H groups in total. The van der Waals surface area contributed by atoms with Gasteiger partial charge in [-0.15, -0.1) is 0 Å². The van der Waals surface area contributed by atoms with Crippen LogP contribution in [0.1, 0.15) is 63.1 Å². The summed E-state index contributed by atoms with van der Waals surface area (Å²) in [6, 6.07) is 22.2. The fourth-order valence-electron chi connectivity index (χ4n) is 4.31. The van der Waals surface area contributed by atoms with E-state index < -0.39 is 0 Å². The van der Waals surface area contributed by atoms with Crippen LogP contribution in [0.15, 0.2) is 60.7 Å². The Bertz CT molecular complexity index is 652. The zero-order valence-electron chi connectivity index (χ0n) is 16.4. The van der Waals surface area contributed by atoms with Gasteiger partial charge < -0.3 is 10.1 Å². The first-order valence-corrected chi connectivity index (χ1v) is 10.0. The van der Waals surface area contributed by atoms with E-state index in [-0.39, 0.29) is 5.60 Å². The third-order valence-corrected chi connectivity index (χ3v) is 5.74. The van der Waals surface area contributed by atoms with Gasteiger partial charge in [0, 0.05) is 12.6 Å². The molecule has 2 aromatic rings. The zero-order valence-corrected chi connectivity index (χ0v) is 16.4. The molecule has 1 aliphatic rings. The summed E-state index contributed by atoms with van der Waals surface area (Å²) in [5, 5.41) is 3.73. The lowest BCUT2D eigenvalue weighted by Crippen LogP contribution is -2.37. The van der Waals surface area contributed by atoms with Gasteiger partial charge in [0.05, 0.1) is 5.60 Å². The summed E-state index contributed by atoms with van der Waals surface area (Å²) >= 11 is 0. The standard InChI is InChI=1S/C24H33NO/c1-19(20-10-6-4-7-11-20)25-16-14-23(21-12-8-5-9-13-21)22-15-17-26-24(2,3)18-22/h4-13,19,22-23,25H,14-18H2,1-3H3/t19-,22+,23-/m1/s1. The predicted octanol–water partition coefficient (Wildman–Crippen LogP) is 5.72. The molecule has 3 atom stereocenters. The SMILES string of the molecule is C[C@@H](NCC[C@H](c1ccccc1)[C@H]1CCOC(C)(C)C1)c1ccccc1. The maximum atomic E-state index is 5.97. The van der Waals surface area contributed by atoms with E-state index in [4.69, 9.17) is 4.74 Å². The molecule has 1 aliphatic heterocycles. The Morgan fingerprint density at radius 3 is 2.23 bits per heavy atom. The van der Waals surface area contributed by atoms with Gasteiger partial charge in [0.25, 0.3) is 0 Å². The maximum absolute atomic E-state index is 5.97. The molecule has 0 radical (unpaired) electrons. The molecule has 1 heterocycles. The predicted molar refractivity (Wildman–Crippen MR) is 109 cm³/mol. The third kappa shape index (κ3) is 5.18. The second-order valence-electron chi connectivity index (χ2n) is 8.25. The molecule has 0 aromatic heterocycles. The highest BCUT2D eigenvalue weighted by Crippen LogP contribution is 2.39. The molecule has 26 heavy (non-hydrogen) atoms. The Kier molecular flexibility index (Phi) is 6.50. The molecule has 0 aliphatic carbocycles. The normalized spacial score (nSPS) is 21.9. The minimum atomic E-state index is 0.000700. The minimum Gasteiger partial charge on any atom is -0.376 e. The van der Waals surface area contributed by atoms with Crippen LogP contribution in [0.3, 0.4) is 0 Å². The van der Waals surface area contributed by atoms with Crippen LogP contribution in [0.25, 0.3) is 0 Å². The van der Waals surface area contributed by atoms with Gasteiger partial charge in [-0.25, -0.2) is 0 Å². The lowest BCUT2D eigenvalue weighted by Gasteiger charge is -2.39. The van der Waals surface area contributed by atoms with Gasteiger partial charge in [-0.05, 0) is 69.5 Å². The van der Waals surface area contributed by atoms with Crippen LogP contribution in [0.5, 0.6) is 0 Å². The van der Waals surface area contributed by atoms with Crippen LogP contribution in [-0.2, 0) is 4.74 Å². The Morgan fingerprint density at radius 2 is 1.62 bits per heavy atom. The van der Waals surface area contributed by atoms with Gasteiger partial charge in [-0.3, -0.25) is 0 Å². The molecule has 0 spiro atoms. The Hall–Kier alpha value is -1.64. The van der Waals surface area contributed by atoms with Gasteiger partial charge in [0.1, 0.15) is 0 Å². The second-order valence-corrected chi connectivity index (χ2v) is 8.25. The average molecular weight is 352 g/mol. The molecular weight excluding hydrogens is 318 g/mol. The molecular formula is C24H33NO. The summed E-state index contributed by atoms with van der Waals surface area (Å²) in [6.07, 6.45) is 3.47. The van der Waals surface area contributed by atoms with Crippen molar-refractivity contribution in [3.63, 3.8) is 0 Å². The van der Waals surface area contributed by atoms with Crippen molar-refractivity contribution >= 4 is 0 Å². The highest BCUT2D eigenvalue weighted by atomic mass is 16.5. The summed E-state index contributed by atoms with van der Waals surface area (Å²) in [4.78, 5) is 0. The van der Waals surface area contributed by atoms with Crippen LogP contribution < -0.4 is 5.32 Å². The smallest absolute Gasteiger partial charge is 0.0629 e. The van der Waals surface area contributed by atoms with Crippen LogP contribution >= 0.6 is 0 Å². The lowest BCUT2D eigenvalue weighted by atomic mass is 9.75. The highest BCUT2D eigenvalue weighted by molar-refractivity contribution is 5.21. The van der Waals surface area contributed by atoms with E-state index in [0.717, 1.165) is 26.0 Å². The number of rotatable bonds is 7. The van der Waals surface area contributed by atoms with Crippen molar-refractivity contribution < 1.29 is 4.74 Å². The molecule has 2 nitrogen and oxygen atoms in total. The summed E-state index contributed by atoms with van der Waals surface area (Å²) in [5.41, 5.74) is 2.83. The first kappa shape index (κ1) is 19.1. The molecule has 0 saturated carbocycles. The molecule has 0 bridgehead atoms. The number of benzene rings is 2. The third-order valence-electron chi connectivity index (χ3n) is 5.74. The van der Waals surface area contributed by atoms with Crippen molar-refractivity contribution in [3.05, 3.63) is 71.8 Å². The van der Waals surface area contributed by atoms with Gasteiger partial charge in [-0.1, -0.05) is 60.7 Å². The van der Waals surface area contributed by atoms with E-state index in [9.17, 15) is 0 Å². The van der Waals surface area contributed by atoms with E-state index in [1.165, 1.54) is 17.5 Å². The lowest BCUT2D eigenvalue weighted by molar-refractivity contribution is -0.0772. The van der Waals surface area contributed by atoms with Crippen molar-refractivity contribution in [1.29, 1.82) is 0 Å². The van der Waals surface area contributed by atoms with Crippen LogP contribution in [0.2, 0.25) is 0 Å². The second kappa shape index (κ2) is 8.83. The van der Waals surface area contributed by atoms with E-state index in [2.05, 4.69) is 86.8 Å². The van der Waals surface area contributed by atoms with E-state index in [0.29, 0.717) is 17.9 Å². The minimum absolute atomic E-state index is 0.000700. The van der Waals surface area contributed by atoms with E-state index in [1.54, 1.807) is 0 Å². The molecule has 140 valence electrons. The van der Waals surface area contributed by atoms with Gasteiger partial charge in [0.2, 0.25) is 0 Å². The van der Waals surface area contributed by atoms with E-state index >= 15 is 0 Å². The van der Waals surface area contributed by atoms with Crippen LogP contribution in [-0.4, -0.2) is 18.8 Å². The van der Waals surface area contributed by atoms with Crippen molar-refractivity contribution in [1.82, 2.24) is 5.32 Å². The fraction of sp³-hybridized carbons (Fsp3) is 0.500. The number of nitrogens with one attached hydrogen (secondary N) is 1. The van der Waals surface area contributed by atoms with Crippen LogP contribution in [0.4, 0.5) is 0 Å². The fourth-order valence-corrected chi connectivity index (χ4v) is 4.31. The van der Waals surface area contributed by atoms with Crippen molar-refractivity contribution in [2.45, 2.75) is 57.6 Å². The summed E-state index contributed by atoms with van der Waals surface area (Å²) in [6.45, 7) is 8.64.